The number of pyridine rings is 1. The molecule has 0 bridgehead atoms. The first kappa shape index (κ1) is 16.5. The van der Waals surface area contributed by atoms with Crippen molar-refractivity contribution in [2.45, 2.75) is 19.3 Å². The Morgan fingerprint density at radius 1 is 0.923 bits per heavy atom. The van der Waals surface area contributed by atoms with Gasteiger partial charge in [0, 0.05) is 18.8 Å². The summed E-state index contributed by atoms with van der Waals surface area (Å²) < 4.78 is 0. The molecule has 3 nitrogen and oxygen atoms in total. The molecule has 1 aromatic heterocycles. The highest BCUT2D eigenvalue weighted by molar-refractivity contribution is 6.11. The average molecular weight is 342 g/mol. The Morgan fingerprint density at radius 2 is 1.50 bits per heavy atom. The van der Waals surface area contributed by atoms with Gasteiger partial charge < -0.3 is 4.90 Å². The van der Waals surface area contributed by atoms with E-state index in [0.29, 0.717) is 12.1 Å². The zero-order chi connectivity index (χ0) is 18.1. The quantitative estimate of drug-likeness (QED) is 0.707. The van der Waals surface area contributed by atoms with Crippen molar-refractivity contribution < 1.29 is 4.79 Å². The van der Waals surface area contributed by atoms with Crippen molar-refractivity contribution in [1.29, 1.82) is 0 Å². The van der Waals surface area contributed by atoms with Gasteiger partial charge in [-0.15, -0.1) is 0 Å². The van der Waals surface area contributed by atoms with Gasteiger partial charge in [0.1, 0.15) is 11.2 Å². The molecule has 0 radical (unpaired) electrons. The number of aromatic nitrogens is 1. The molecule has 3 aromatic rings. The van der Waals surface area contributed by atoms with E-state index in [1.165, 1.54) is 0 Å². The standard InChI is InChI=1S/C23H22N2O/c1-3-25-16-23(18-10-6-4-7-11-18,19-12-8-5-9-13-19)21(26)20-15-14-17(2)24-22(20)25/h4-15H,3,16H2,1-2H3. The van der Waals surface area contributed by atoms with E-state index in [1.807, 2.05) is 55.5 Å². The van der Waals surface area contributed by atoms with Gasteiger partial charge in [-0.2, -0.15) is 0 Å². The summed E-state index contributed by atoms with van der Waals surface area (Å²) in [5.41, 5.74) is 2.97. The van der Waals surface area contributed by atoms with Gasteiger partial charge in [-0.3, -0.25) is 4.79 Å². The van der Waals surface area contributed by atoms with Crippen LogP contribution in [0.3, 0.4) is 0 Å². The summed E-state index contributed by atoms with van der Waals surface area (Å²) >= 11 is 0. The first-order valence-corrected chi connectivity index (χ1v) is 9.05. The Hall–Kier alpha value is -2.94. The van der Waals surface area contributed by atoms with Crippen molar-refractivity contribution >= 4 is 11.6 Å². The SMILES string of the molecule is CCN1CC(c2ccccc2)(c2ccccc2)C(=O)c2ccc(C)nc21. The van der Waals surface area contributed by atoms with E-state index in [1.54, 1.807) is 0 Å². The van der Waals surface area contributed by atoms with Crippen LogP contribution in [0.15, 0.2) is 72.8 Å². The molecule has 0 spiro atoms. The van der Waals surface area contributed by atoms with E-state index >= 15 is 0 Å². The number of anilines is 1. The van der Waals surface area contributed by atoms with Crippen molar-refractivity contribution in [3.05, 3.63) is 95.2 Å². The summed E-state index contributed by atoms with van der Waals surface area (Å²) in [6.07, 6.45) is 0. The molecule has 0 atom stereocenters. The van der Waals surface area contributed by atoms with E-state index in [9.17, 15) is 4.79 Å². The number of likely N-dealkylation sites (N-methyl/N-ethyl adjacent to an activating group) is 1. The molecule has 2 aromatic carbocycles. The molecule has 0 unspecified atom stereocenters. The molecular weight excluding hydrogens is 320 g/mol. The van der Waals surface area contributed by atoms with Crippen molar-refractivity contribution in [3.8, 4) is 0 Å². The van der Waals surface area contributed by atoms with Gasteiger partial charge in [0.2, 0.25) is 0 Å². The highest BCUT2D eigenvalue weighted by Crippen LogP contribution is 2.42. The summed E-state index contributed by atoms with van der Waals surface area (Å²) in [5, 5.41) is 0. The Labute approximate surface area is 154 Å². The number of rotatable bonds is 3. The normalized spacial score (nSPS) is 15.6. The van der Waals surface area contributed by atoms with Gasteiger partial charge in [0.05, 0.1) is 5.56 Å². The third-order valence-corrected chi connectivity index (χ3v) is 5.29. The molecule has 130 valence electrons. The highest BCUT2D eigenvalue weighted by Gasteiger charge is 2.48. The molecule has 0 N–H and O–H groups in total. The second-order valence-corrected chi connectivity index (χ2v) is 6.80. The summed E-state index contributed by atoms with van der Waals surface area (Å²) in [5.74, 6) is 0.932. The monoisotopic (exact) mass is 342 g/mol. The summed E-state index contributed by atoms with van der Waals surface area (Å²) in [6.45, 7) is 5.48. The number of benzene rings is 2. The van der Waals surface area contributed by atoms with Crippen molar-refractivity contribution in [1.82, 2.24) is 4.98 Å². The second kappa shape index (κ2) is 6.41. The van der Waals surface area contributed by atoms with Gasteiger partial charge in [-0.05, 0) is 37.1 Å². The zero-order valence-corrected chi connectivity index (χ0v) is 15.1. The number of hydrogen-bond donors (Lipinski definition) is 0. The molecule has 2 heterocycles. The van der Waals surface area contributed by atoms with E-state index in [-0.39, 0.29) is 5.78 Å². The molecule has 0 fully saturated rings. The first-order valence-electron chi connectivity index (χ1n) is 9.05. The Kier molecular flexibility index (Phi) is 4.08. The first-order chi connectivity index (χ1) is 12.7. The topological polar surface area (TPSA) is 33.2 Å². The highest BCUT2D eigenvalue weighted by atomic mass is 16.1. The fourth-order valence-electron chi connectivity index (χ4n) is 3.94. The van der Waals surface area contributed by atoms with Gasteiger partial charge in [0.15, 0.2) is 5.78 Å². The molecule has 3 heteroatoms. The lowest BCUT2D eigenvalue weighted by molar-refractivity contribution is 0.0907. The van der Waals surface area contributed by atoms with Crippen LogP contribution in [0.2, 0.25) is 0 Å². The van der Waals surface area contributed by atoms with Crippen LogP contribution in [-0.2, 0) is 5.41 Å². The molecular formula is C23H22N2O. The number of hydrogen-bond acceptors (Lipinski definition) is 3. The zero-order valence-electron chi connectivity index (χ0n) is 15.1. The number of carbonyl (C=O) groups excluding carboxylic acids is 1. The Bertz CT molecular complexity index is 895. The molecule has 4 rings (SSSR count). The summed E-state index contributed by atoms with van der Waals surface area (Å²) in [6, 6.07) is 24.1. The van der Waals surface area contributed by atoms with E-state index in [2.05, 4.69) is 41.1 Å². The number of Topliss-reactive ketones (excluding diaryl/α,β-unsaturated/α-hetero) is 1. The fraction of sp³-hybridized carbons (Fsp3) is 0.217. The maximum atomic E-state index is 13.8. The van der Waals surface area contributed by atoms with Gasteiger partial charge in [0.25, 0.3) is 0 Å². The van der Waals surface area contributed by atoms with Crippen LogP contribution < -0.4 is 4.90 Å². The molecule has 1 aliphatic heterocycles. The van der Waals surface area contributed by atoms with E-state index in [4.69, 9.17) is 0 Å². The Morgan fingerprint density at radius 3 is 2.04 bits per heavy atom. The summed E-state index contributed by atoms with van der Waals surface area (Å²) in [4.78, 5) is 20.7. The number of carbonyl (C=O) groups is 1. The minimum atomic E-state index is -0.720. The van der Waals surface area contributed by atoms with Gasteiger partial charge >= 0.3 is 0 Å². The lowest BCUT2D eigenvalue weighted by Gasteiger charge is -2.43. The van der Waals surface area contributed by atoms with Crippen LogP contribution in [0.25, 0.3) is 0 Å². The van der Waals surface area contributed by atoms with Crippen LogP contribution in [0.5, 0.6) is 0 Å². The number of ketones is 1. The Balaban J connectivity index is 2.01. The smallest absolute Gasteiger partial charge is 0.183 e. The van der Waals surface area contributed by atoms with Gasteiger partial charge in [-0.1, -0.05) is 60.7 Å². The lowest BCUT2D eigenvalue weighted by Crippen LogP contribution is -2.52. The lowest BCUT2D eigenvalue weighted by atomic mass is 9.67. The molecule has 0 saturated heterocycles. The van der Waals surface area contributed by atoms with Crippen LogP contribution >= 0.6 is 0 Å². The second-order valence-electron chi connectivity index (χ2n) is 6.80. The fourth-order valence-corrected chi connectivity index (χ4v) is 3.94. The van der Waals surface area contributed by atoms with Gasteiger partial charge in [-0.25, -0.2) is 4.98 Å². The minimum Gasteiger partial charge on any atom is -0.355 e. The van der Waals surface area contributed by atoms with Crippen LogP contribution in [0.4, 0.5) is 5.82 Å². The van der Waals surface area contributed by atoms with Crippen molar-refractivity contribution in [2.75, 3.05) is 18.0 Å². The average Bonchev–Trinajstić information content (AvgIpc) is 2.70. The van der Waals surface area contributed by atoms with Crippen LogP contribution in [-0.4, -0.2) is 23.9 Å². The van der Waals surface area contributed by atoms with Crippen LogP contribution in [0.1, 0.15) is 34.1 Å². The van der Waals surface area contributed by atoms with E-state index in [0.717, 1.165) is 29.2 Å². The maximum absolute atomic E-state index is 13.8. The maximum Gasteiger partial charge on any atom is 0.183 e. The predicted molar refractivity (Wildman–Crippen MR) is 105 cm³/mol. The molecule has 0 aliphatic carbocycles. The largest absolute Gasteiger partial charge is 0.355 e. The van der Waals surface area contributed by atoms with Crippen LogP contribution in [0, 0.1) is 6.92 Å². The third kappa shape index (κ3) is 2.43. The number of fused-ring (bicyclic) bond motifs is 1. The molecule has 0 amide bonds. The number of aryl methyl sites for hydroxylation is 1. The van der Waals surface area contributed by atoms with Crippen molar-refractivity contribution in [2.24, 2.45) is 0 Å². The number of nitrogens with zero attached hydrogens (tertiary/aromatic N) is 2. The molecule has 26 heavy (non-hydrogen) atoms. The third-order valence-electron chi connectivity index (χ3n) is 5.29. The predicted octanol–water partition coefficient (Wildman–Crippen LogP) is 4.40. The minimum absolute atomic E-state index is 0.127. The van der Waals surface area contributed by atoms with Crippen molar-refractivity contribution in [3.63, 3.8) is 0 Å². The molecule has 0 saturated carbocycles. The van der Waals surface area contributed by atoms with E-state index < -0.39 is 5.41 Å². The molecule has 1 aliphatic rings. The summed E-state index contributed by atoms with van der Waals surface area (Å²) in [7, 11) is 0.